The van der Waals surface area contributed by atoms with Gasteiger partial charge in [-0.2, -0.15) is 4.31 Å². The maximum Gasteiger partial charge on any atom is 0.243 e. The predicted molar refractivity (Wildman–Crippen MR) is 100 cm³/mol. The van der Waals surface area contributed by atoms with Crippen LogP contribution in [0, 0.1) is 11.7 Å². The van der Waals surface area contributed by atoms with Crippen LogP contribution in [0.4, 0.5) is 4.39 Å². The minimum atomic E-state index is -3.60. The van der Waals surface area contributed by atoms with Crippen molar-refractivity contribution in [2.24, 2.45) is 5.92 Å². The number of benzene rings is 2. The molecule has 0 spiro atoms. The average molecular weight is 398 g/mol. The topological polar surface area (TPSA) is 46.6 Å². The maximum absolute atomic E-state index is 13.3. The van der Waals surface area contributed by atoms with E-state index in [2.05, 4.69) is 0 Å². The lowest BCUT2D eigenvalue weighted by Gasteiger charge is -2.31. The number of sulfonamides is 1. The highest BCUT2D eigenvalue weighted by Gasteiger charge is 2.30. The van der Waals surface area contributed by atoms with Crippen molar-refractivity contribution in [3.05, 3.63) is 53.3 Å². The van der Waals surface area contributed by atoms with Gasteiger partial charge in [-0.25, -0.2) is 12.8 Å². The average Bonchev–Trinajstić information content (AvgIpc) is 2.62. The zero-order valence-corrected chi connectivity index (χ0v) is 16.1. The van der Waals surface area contributed by atoms with E-state index in [1.807, 2.05) is 0 Å². The summed E-state index contributed by atoms with van der Waals surface area (Å²) in [6, 6.07) is 10.7. The molecule has 7 heteroatoms. The third-order valence-corrected chi connectivity index (χ3v) is 6.77. The standard InChI is InChI=1S/C19H21ClFNO3S/c1-25-13-14-4-3-9-22(12-14)26(23,24)17-6-2-5-15(10-17)18-8-7-16(21)11-19(18)20/h2,5-8,10-11,14H,3-4,9,12-13H2,1H3. The molecular formula is C19H21ClFNO3S. The van der Waals surface area contributed by atoms with Crippen LogP contribution < -0.4 is 0 Å². The Morgan fingerprint density at radius 2 is 2.08 bits per heavy atom. The first-order chi connectivity index (χ1) is 12.4. The van der Waals surface area contributed by atoms with E-state index >= 15 is 0 Å². The molecule has 1 unspecified atom stereocenters. The van der Waals surface area contributed by atoms with Crippen molar-refractivity contribution in [3.8, 4) is 11.1 Å². The molecule has 1 atom stereocenters. The van der Waals surface area contributed by atoms with Gasteiger partial charge >= 0.3 is 0 Å². The molecule has 1 aliphatic heterocycles. The number of hydrogen-bond acceptors (Lipinski definition) is 3. The van der Waals surface area contributed by atoms with E-state index in [1.165, 1.54) is 16.4 Å². The van der Waals surface area contributed by atoms with Crippen molar-refractivity contribution in [1.82, 2.24) is 4.31 Å². The summed E-state index contributed by atoms with van der Waals surface area (Å²) in [5.41, 5.74) is 1.24. The van der Waals surface area contributed by atoms with Gasteiger partial charge < -0.3 is 4.74 Å². The zero-order valence-electron chi connectivity index (χ0n) is 14.5. The summed E-state index contributed by atoms with van der Waals surface area (Å²) in [7, 11) is -1.98. The number of nitrogens with zero attached hydrogens (tertiary/aromatic N) is 1. The van der Waals surface area contributed by atoms with Crippen molar-refractivity contribution in [1.29, 1.82) is 0 Å². The predicted octanol–water partition coefficient (Wildman–Crippen LogP) is 4.19. The summed E-state index contributed by atoms with van der Waals surface area (Å²) < 4.78 is 46.1. The first-order valence-electron chi connectivity index (χ1n) is 8.46. The van der Waals surface area contributed by atoms with E-state index in [9.17, 15) is 12.8 Å². The van der Waals surface area contributed by atoms with Gasteiger partial charge in [0.15, 0.2) is 0 Å². The molecule has 1 aliphatic rings. The minimum Gasteiger partial charge on any atom is -0.384 e. The van der Waals surface area contributed by atoms with Gasteiger partial charge in [0, 0.05) is 25.8 Å². The summed E-state index contributed by atoms with van der Waals surface area (Å²) in [4.78, 5) is 0.216. The third-order valence-electron chi connectivity index (χ3n) is 4.60. The molecule has 0 saturated carbocycles. The van der Waals surface area contributed by atoms with Crippen LogP contribution in [0.3, 0.4) is 0 Å². The highest BCUT2D eigenvalue weighted by Crippen LogP contribution is 2.31. The normalized spacial score (nSPS) is 18.8. The summed E-state index contributed by atoms with van der Waals surface area (Å²) >= 11 is 6.12. The Balaban J connectivity index is 1.91. The lowest BCUT2D eigenvalue weighted by atomic mass is 10.0. The molecule has 0 radical (unpaired) electrons. The van der Waals surface area contributed by atoms with Crippen LogP contribution in [0.5, 0.6) is 0 Å². The van der Waals surface area contributed by atoms with Gasteiger partial charge in [-0.15, -0.1) is 0 Å². The number of halogens is 2. The molecule has 0 amide bonds. The lowest BCUT2D eigenvalue weighted by Crippen LogP contribution is -2.41. The van der Waals surface area contributed by atoms with Gasteiger partial charge in [0.2, 0.25) is 10.0 Å². The second kappa shape index (κ2) is 8.05. The Labute approximate surface area is 158 Å². The van der Waals surface area contributed by atoms with Gasteiger partial charge in [-0.1, -0.05) is 23.7 Å². The molecule has 3 rings (SSSR count). The fraction of sp³-hybridized carbons (Fsp3) is 0.368. The van der Waals surface area contributed by atoms with Gasteiger partial charge in [0.1, 0.15) is 5.82 Å². The van der Waals surface area contributed by atoms with Gasteiger partial charge in [-0.3, -0.25) is 0 Å². The van der Waals surface area contributed by atoms with Crippen LogP contribution in [0.1, 0.15) is 12.8 Å². The molecule has 0 N–H and O–H groups in total. The number of piperidine rings is 1. The zero-order chi connectivity index (χ0) is 18.7. The van der Waals surface area contributed by atoms with E-state index in [-0.39, 0.29) is 15.8 Å². The Kier molecular flexibility index (Phi) is 5.97. The first-order valence-corrected chi connectivity index (χ1v) is 10.3. The summed E-state index contributed by atoms with van der Waals surface area (Å²) in [5, 5.41) is 0.248. The fourth-order valence-electron chi connectivity index (χ4n) is 3.31. The largest absolute Gasteiger partial charge is 0.384 e. The van der Waals surface area contributed by atoms with Crippen LogP contribution in [-0.2, 0) is 14.8 Å². The summed E-state index contributed by atoms with van der Waals surface area (Å²) in [6.07, 6.45) is 1.78. The highest BCUT2D eigenvalue weighted by atomic mass is 35.5. The molecule has 0 aliphatic carbocycles. The molecule has 2 aromatic carbocycles. The molecule has 1 saturated heterocycles. The van der Waals surface area contributed by atoms with Gasteiger partial charge in [-0.05, 0) is 54.7 Å². The summed E-state index contributed by atoms with van der Waals surface area (Å²) in [6.45, 7) is 1.51. The fourth-order valence-corrected chi connectivity index (χ4v) is 5.19. The van der Waals surface area contributed by atoms with Crippen molar-refractivity contribution >= 4 is 21.6 Å². The summed E-state index contributed by atoms with van der Waals surface area (Å²) in [5.74, 6) is -0.224. The number of rotatable bonds is 5. The monoisotopic (exact) mass is 397 g/mol. The molecule has 0 bridgehead atoms. The number of hydrogen-bond donors (Lipinski definition) is 0. The van der Waals surface area contributed by atoms with Crippen molar-refractivity contribution in [2.45, 2.75) is 17.7 Å². The number of methoxy groups -OCH3 is 1. The van der Waals surface area contributed by atoms with Crippen LogP contribution in [0.2, 0.25) is 5.02 Å². The van der Waals surface area contributed by atoms with Crippen LogP contribution in [0.15, 0.2) is 47.4 Å². The molecule has 4 nitrogen and oxygen atoms in total. The van der Waals surface area contributed by atoms with Crippen LogP contribution in [0.25, 0.3) is 11.1 Å². The molecule has 2 aromatic rings. The Bertz CT molecular complexity index is 886. The SMILES string of the molecule is COCC1CCCN(S(=O)(=O)c2cccc(-c3ccc(F)cc3Cl)c2)C1. The van der Waals surface area contributed by atoms with Crippen LogP contribution >= 0.6 is 11.6 Å². The Hall–Kier alpha value is -1.47. The molecule has 140 valence electrons. The second-order valence-electron chi connectivity index (χ2n) is 6.48. The van der Waals surface area contributed by atoms with Gasteiger partial charge in [0.05, 0.1) is 16.5 Å². The smallest absolute Gasteiger partial charge is 0.243 e. The van der Waals surface area contributed by atoms with E-state index in [0.29, 0.717) is 30.8 Å². The Morgan fingerprint density at radius 1 is 1.27 bits per heavy atom. The molecule has 1 fully saturated rings. The molecule has 1 heterocycles. The van der Waals surface area contributed by atoms with E-state index in [4.69, 9.17) is 16.3 Å². The van der Waals surface area contributed by atoms with Crippen molar-refractivity contribution in [3.63, 3.8) is 0 Å². The third kappa shape index (κ3) is 4.09. The van der Waals surface area contributed by atoms with Crippen LogP contribution in [-0.4, -0.2) is 39.5 Å². The Morgan fingerprint density at radius 3 is 2.81 bits per heavy atom. The quantitative estimate of drug-likeness (QED) is 0.759. The molecule has 0 aromatic heterocycles. The maximum atomic E-state index is 13.3. The van der Waals surface area contributed by atoms with Gasteiger partial charge in [0.25, 0.3) is 0 Å². The highest BCUT2D eigenvalue weighted by molar-refractivity contribution is 7.89. The van der Waals surface area contributed by atoms with Crippen molar-refractivity contribution < 1.29 is 17.5 Å². The first kappa shape index (κ1) is 19.3. The number of ether oxygens (including phenoxy) is 1. The van der Waals surface area contributed by atoms with E-state index in [1.54, 1.807) is 37.4 Å². The van der Waals surface area contributed by atoms with E-state index in [0.717, 1.165) is 12.8 Å². The lowest BCUT2D eigenvalue weighted by molar-refractivity contribution is 0.118. The second-order valence-corrected chi connectivity index (χ2v) is 8.82. The molecular weight excluding hydrogens is 377 g/mol. The molecule has 26 heavy (non-hydrogen) atoms. The van der Waals surface area contributed by atoms with Crippen molar-refractivity contribution in [2.75, 3.05) is 26.8 Å². The van der Waals surface area contributed by atoms with E-state index < -0.39 is 15.8 Å². The minimum absolute atomic E-state index is 0.207.